The van der Waals surface area contributed by atoms with Crippen LogP contribution in [0.5, 0.6) is 0 Å². The summed E-state index contributed by atoms with van der Waals surface area (Å²) in [5.41, 5.74) is 1.40. The Kier molecular flexibility index (Phi) is 3.15. The van der Waals surface area contributed by atoms with Crippen LogP contribution in [0.1, 0.15) is 22.3 Å². The molecular formula is C15H16N4O2. The molecule has 6 nitrogen and oxygen atoms in total. The Labute approximate surface area is 122 Å². The van der Waals surface area contributed by atoms with Gasteiger partial charge in [-0.1, -0.05) is 6.07 Å². The summed E-state index contributed by atoms with van der Waals surface area (Å²) in [6.07, 6.45) is 3.32. The zero-order valence-corrected chi connectivity index (χ0v) is 11.8. The molecule has 108 valence electrons. The first kappa shape index (κ1) is 13.6. The van der Waals surface area contributed by atoms with Crippen LogP contribution >= 0.6 is 0 Å². The van der Waals surface area contributed by atoms with Gasteiger partial charge >= 0.3 is 0 Å². The molecule has 1 aromatic rings. The highest BCUT2D eigenvalue weighted by Crippen LogP contribution is 2.41. The molecule has 2 aliphatic rings. The highest BCUT2D eigenvalue weighted by molar-refractivity contribution is 6.05. The molecule has 0 bridgehead atoms. The van der Waals surface area contributed by atoms with Crippen LogP contribution in [-0.4, -0.2) is 32.0 Å². The molecule has 2 aliphatic heterocycles. The molecule has 21 heavy (non-hydrogen) atoms. The number of benzene rings is 1. The third kappa shape index (κ3) is 1.98. The largest absolute Gasteiger partial charge is 0.355 e. The first-order chi connectivity index (χ1) is 10.1. The van der Waals surface area contributed by atoms with Crippen molar-refractivity contribution in [2.75, 3.05) is 25.0 Å². The minimum Gasteiger partial charge on any atom is -0.355 e. The highest BCUT2D eigenvalue weighted by Gasteiger charge is 2.48. The van der Waals surface area contributed by atoms with E-state index < -0.39 is 5.41 Å². The Morgan fingerprint density at radius 2 is 2.33 bits per heavy atom. The predicted molar refractivity (Wildman–Crippen MR) is 76.6 cm³/mol. The van der Waals surface area contributed by atoms with Gasteiger partial charge in [-0.25, -0.2) is 4.90 Å². The molecule has 2 heterocycles. The van der Waals surface area contributed by atoms with Gasteiger partial charge in [0.05, 0.1) is 11.1 Å². The monoisotopic (exact) mass is 284 g/mol. The number of hydrogen-bond donors (Lipinski definition) is 2. The third-order valence-electron chi connectivity index (χ3n) is 4.34. The van der Waals surface area contributed by atoms with Crippen LogP contribution in [0.2, 0.25) is 0 Å². The number of amides is 2. The molecule has 0 radical (unpaired) electrons. The first-order valence-electron chi connectivity index (χ1n) is 6.91. The molecule has 6 heteroatoms. The fourth-order valence-corrected chi connectivity index (χ4v) is 3.17. The number of nitriles is 1. The van der Waals surface area contributed by atoms with Gasteiger partial charge in [0.1, 0.15) is 0 Å². The van der Waals surface area contributed by atoms with Crippen LogP contribution < -0.4 is 15.5 Å². The van der Waals surface area contributed by atoms with Crippen LogP contribution in [0, 0.1) is 16.9 Å². The van der Waals surface area contributed by atoms with Crippen molar-refractivity contribution >= 4 is 17.5 Å². The maximum atomic E-state index is 12.7. The Hall–Kier alpha value is -2.39. The van der Waals surface area contributed by atoms with E-state index in [0.29, 0.717) is 24.2 Å². The van der Waals surface area contributed by atoms with Crippen molar-refractivity contribution < 1.29 is 9.59 Å². The minimum absolute atomic E-state index is 0.170. The predicted octanol–water partition coefficient (Wildman–Crippen LogP) is 0.396. The molecule has 3 rings (SSSR count). The second kappa shape index (κ2) is 4.86. The molecule has 1 aromatic carbocycles. The summed E-state index contributed by atoms with van der Waals surface area (Å²) in [6, 6.07) is 5.19. The van der Waals surface area contributed by atoms with E-state index in [1.807, 2.05) is 12.3 Å². The third-order valence-corrected chi connectivity index (χ3v) is 4.34. The number of carbonyl (C=O) groups excluding carboxylic acids is 2. The zero-order valence-electron chi connectivity index (χ0n) is 11.8. The van der Waals surface area contributed by atoms with Crippen molar-refractivity contribution in [3.05, 3.63) is 29.3 Å². The average molecular weight is 284 g/mol. The van der Waals surface area contributed by atoms with Crippen LogP contribution in [0.3, 0.4) is 0 Å². The van der Waals surface area contributed by atoms with E-state index in [1.165, 1.54) is 0 Å². The van der Waals surface area contributed by atoms with E-state index in [1.54, 1.807) is 19.2 Å². The van der Waals surface area contributed by atoms with E-state index in [4.69, 9.17) is 0 Å². The molecule has 1 saturated heterocycles. The molecule has 1 unspecified atom stereocenters. The number of hydrogen-bond acceptors (Lipinski definition) is 4. The van der Waals surface area contributed by atoms with Crippen molar-refractivity contribution in [3.8, 4) is 6.19 Å². The number of fused-ring (bicyclic) bond motifs is 1. The zero-order chi connectivity index (χ0) is 15.0. The molecule has 0 saturated carbocycles. The molecular weight excluding hydrogens is 268 g/mol. The fourth-order valence-electron chi connectivity index (χ4n) is 3.17. The lowest BCUT2D eigenvalue weighted by atomic mass is 9.76. The Bertz CT molecular complexity index is 656. The summed E-state index contributed by atoms with van der Waals surface area (Å²) in [5.74, 6) is -0.400. The fraction of sp³-hybridized carbons (Fsp3) is 0.400. The summed E-state index contributed by atoms with van der Waals surface area (Å²) < 4.78 is 0. The second-order valence-electron chi connectivity index (χ2n) is 5.55. The summed E-state index contributed by atoms with van der Waals surface area (Å²) in [4.78, 5) is 25.5. The molecule has 1 atom stereocenters. The van der Waals surface area contributed by atoms with Crippen LogP contribution in [0.25, 0.3) is 0 Å². The molecule has 2 amide bonds. The molecule has 0 aromatic heterocycles. The van der Waals surface area contributed by atoms with E-state index in [0.717, 1.165) is 23.4 Å². The number of nitrogens with zero attached hydrogens (tertiary/aromatic N) is 2. The maximum absolute atomic E-state index is 12.7. The van der Waals surface area contributed by atoms with E-state index >= 15 is 0 Å². The van der Waals surface area contributed by atoms with Gasteiger partial charge in [-0.15, -0.1) is 0 Å². The lowest BCUT2D eigenvalue weighted by molar-refractivity contribution is -0.127. The normalized spacial score (nSPS) is 23.8. The number of nitrogens with one attached hydrogen (secondary N) is 2. The van der Waals surface area contributed by atoms with Crippen molar-refractivity contribution in [3.63, 3.8) is 0 Å². The lowest BCUT2D eigenvalue weighted by Crippen LogP contribution is -2.48. The van der Waals surface area contributed by atoms with Gasteiger partial charge in [0.25, 0.3) is 5.91 Å². The van der Waals surface area contributed by atoms with Gasteiger partial charge < -0.3 is 10.6 Å². The van der Waals surface area contributed by atoms with Crippen molar-refractivity contribution in [1.82, 2.24) is 10.6 Å². The quantitative estimate of drug-likeness (QED) is 0.731. The van der Waals surface area contributed by atoms with Crippen molar-refractivity contribution in [1.29, 1.82) is 5.26 Å². The molecule has 0 aliphatic carbocycles. The van der Waals surface area contributed by atoms with Crippen molar-refractivity contribution in [2.45, 2.75) is 12.8 Å². The van der Waals surface area contributed by atoms with Crippen molar-refractivity contribution in [2.24, 2.45) is 5.41 Å². The van der Waals surface area contributed by atoms with Crippen LogP contribution in [0.4, 0.5) is 5.69 Å². The van der Waals surface area contributed by atoms with Crippen LogP contribution in [-0.2, 0) is 11.2 Å². The minimum atomic E-state index is -0.517. The van der Waals surface area contributed by atoms with Gasteiger partial charge in [0, 0.05) is 19.2 Å². The van der Waals surface area contributed by atoms with E-state index in [2.05, 4.69) is 10.6 Å². The van der Waals surface area contributed by atoms with Gasteiger partial charge in [-0.05, 0) is 37.1 Å². The number of carbonyl (C=O) groups is 2. The lowest BCUT2D eigenvalue weighted by Gasteiger charge is -2.36. The van der Waals surface area contributed by atoms with Gasteiger partial charge in [-0.2, -0.15) is 5.26 Å². The Morgan fingerprint density at radius 1 is 1.52 bits per heavy atom. The summed E-state index contributed by atoms with van der Waals surface area (Å²) in [5, 5.41) is 15.1. The summed E-state index contributed by atoms with van der Waals surface area (Å²) >= 11 is 0. The first-order valence-corrected chi connectivity index (χ1v) is 6.91. The molecule has 1 fully saturated rings. The smallest absolute Gasteiger partial charge is 0.251 e. The second-order valence-corrected chi connectivity index (χ2v) is 5.55. The topological polar surface area (TPSA) is 85.2 Å². The van der Waals surface area contributed by atoms with E-state index in [-0.39, 0.29) is 11.8 Å². The highest BCUT2D eigenvalue weighted by atomic mass is 16.2. The standard InChI is InChI=1S/C15H16N4O2/c1-17-13(20)10-2-3-11-7-15(4-5-18-8-15)14(21)19(9-16)12(11)6-10/h2-3,6,18H,4-5,7-8H2,1H3,(H,17,20). The molecule has 1 spiro atoms. The SMILES string of the molecule is CNC(=O)c1ccc2c(c1)N(C#N)C(=O)C1(CCNC1)C2. The maximum Gasteiger partial charge on any atom is 0.251 e. The van der Waals surface area contributed by atoms with Gasteiger partial charge in [0.15, 0.2) is 6.19 Å². The van der Waals surface area contributed by atoms with Crippen LogP contribution in [0.15, 0.2) is 18.2 Å². The summed E-state index contributed by atoms with van der Waals surface area (Å²) in [6.45, 7) is 1.39. The van der Waals surface area contributed by atoms with Gasteiger partial charge in [0.2, 0.25) is 5.91 Å². The van der Waals surface area contributed by atoms with Gasteiger partial charge in [-0.3, -0.25) is 9.59 Å². The van der Waals surface area contributed by atoms with E-state index in [9.17, 15) is 14.9 Å². The number of rotatable bonds is 1. The molecule has 2 N–H and O–H groups in total. The average Bonchev–Trinajstić information content (AvgIpc) is 2.97. The Balaban J connectivity index is 2.08. The summed E-state index contributed by atoms with van der Waals surface area (Å²) in [7, 11) is 1.55. The number of anilines is 1. The Morgan fingerprint density at radius 3 is 2.95 bits per heavy atom.